The topological polar surface area (TPSA) is 210 Å². The van der Waals surface area contributed by atoms with Crippen molar-refractivity contribution in [1.29, 1.82) is 0 Å². The van der Waals surface area contributed by atoms with Crippen LogP contribution in [0.1, 0.15) is 0 Å². The minimum absolute atomic E-state index is 0.0539. The fraction of sp³-hybridized carbons (Fsp3) is 0.290. The Kier molecular flexibility index (Phi) is 8.57. The van der Waals surface area contributed by atoms with Crippen molar-refractivity contribution >= 4 is 29.1 Å². The highest BCUT2D eigenvalue weighted by Crippen LogP contribution is 2.32. The Morgan fingerprint density at radius 1 is 1.15 bits per heavy atom. The monoisotopic (exact) mass is 635 g/mol. The minimum Gasteiger partial charge on any atom is -0.508 e. The number of allylic oxidation sites excluding steroid dienone is 1. The number of phenolic OH excluding ortho intramolecular Hbond substituents is 1. The molecule has 15 nitrogen and oxygen atoms in total. The quantitative estimate of drug-likeness (QED) is 0.153. The molecule has 2 aromatic carbocycles. The minimum atomic E-state index is -1.66. The molecule has 1 aromatic heterocycles. The molecule has 0 aliphatic carbocycles. The summed E-state index contributed by atoms with van der Waals surface area (Å²) >= 11 is 0. The lowest BCUT2D eigenvalue weighted by atomic mass is 9.99. The van der Waals surface area contributed by atoms with E-state index in [0.717, 1.165) is 5.57 Å². The second-order valence-corrected chi connectivity index (χ2v) is 10.6. The summed E-state index contributed by atoms with van der Waals surface area (Å²) in [6.07, 6.45) is -0.956. The number of likely N-dealkylation sites (N-methyl/N-ethyl adjacent to an activating group) is 1. The maximum Gasteiger partial charge on any atom is 0.334 e. The summed E-state index contributed by atoms with van der Waals surface area (Å²) in [5, 5.41) is 44.8. The zero-order valence-corrected chi connectivity index (χ0v) is 24.2. The van der Waals surface area contributed by atoms with Crippen molar-refractivity contribution in [2.45, 2.75) is 36.7 Å². The Hall–Kier alpha value is -5.06. The normalized spacial score (nSPS) is 24.3. The molecule has 3 aliphatic rings. The Morgan fingerprint density at radius 3 is 2.65 bits per heavy atom. The number of carboxylic acid groups (broad SMARTS) is 1. The second-order valence-electron chi connectivity index (χ2n) is 10.6. The number of hydrogen-bond donors (Lipinski definition) is 5. The molecule has 0 amide bonds. The number of nitrogens with one attached hydrogen (secondary N) is 1. The van der Waals surface area contributed by atoms with E-state index < -0.39 is 55.3 Å². The van der Waals surface area contributed by atoms with Gasteiger partial charge in [0.05, 0.1) is 29.4 Å². The van der Waals surface area contributed by atoms with Crippen molar-refractivity contribution in [3.63, 3.8) is 0 Å². The number of carbonyl (C=O) groups excluding carboxylic acids is 1. The summed E-state index contributed by atoms with van der Waals surface area (Å²) in [5.41, 5.74) is 2.24. The zero-order chi connectivity index (χ0) is 32.5. The van der Waals surface area contributed by atoms with Gasteiger partial charge in [0.25, 0.3) is 0 Å². The molecule has 6 atom stereocenters. The standard InChI is InChI=1S/C31H29N3O12/c1-32-24(29(39)40)30(41)43-14-23-26(37)27(38)28(46-34-11-16-8-9-33-21(16)12-34)31(45-23)44-18-6-7-19-22(10-18)42-13-20(25(19)36)15-2-4-17(35)5-3-15/h2-10,12-13,23-24,26-28,31-32,35,37-38H,11,14H2,1H3,(H,39,40)/t23-,24+,26-,27+,28-,31-/m0/s1. The van der Waals surface area contributed by atoms with Gasteiger partial charge >= 0.3 is 11.9 Å². The predicted octanol–water partition coefficient (Wildman–Crippen LogP) is 0.675. The van der Waals surface area contributed by atoms with Crippen LogP contribution in [0.2, 0.25) is 0 Å². The Morgan fingerprint density at radius 2 is 1.93 bits per heavy atom. The number of carbonyl (C=O) groups is 2. The average Bonchev–Trinajstić information content (AvgIpc) is 3.63. The van der Waals surface area contributed by atoms with Crippen LogP contribution in [0.5, 0.6) is 11.5 Å². The van der Waals surface area contributed by atoms with E-state index >= 15 is 0 Å². The van der Waals surface area contributed by atoms with E-state index in [1.165, 1.54) is 48.7 Å². The SMILES string of the molecule is CN[C@H](C(=O)O)C(=O)OC[C@@H]1O[C@H](Oc2ccc3c(=O)c(-c4ccc(O)cc4)coc3c2)[C@@H](ON2C=C3N=CC=C3C2)[C@H](O)[C@H]1O. The van der Waals surface area contributed by atoms with Crippen LogP contribution in [-0.4, -0.2) is 101 Å². The van der Waals surface area contributed by atoms with Gasteiger partial charge in [-0.05, 0) is 43.0 Å². The molecule has 240 valence electrons. The number of aliphatic hydroxyl groups is 2. The van der Waals surface area contributed by atoms with Crippen LogP contribution < -0.4 is 15.5 Å². The molecule has 0 unspecified atom stereocenters. The number of hydrogen-bond acceptors (Lipinski definition) is 14. The average molecular weight is 636 g/mol. The Balaban J connectivity index is 1.25. The number of rotatable bonds is 10. The number of nitrogens with zero attached hydrogens (tertiary/aromatic N) is 2. The third-order valence-corrected chi connectivity index (χ3v) is 7.65. The van der Waals surface area contributed by atoms with Crippen molar-refractivity contribution in [3.05, 3.63) is 82.5 Å². The van der Waals surface area contributed by atoms with Gasteiger partial charge < -0.3 is 39.1 Å². The first-order chi connectivity index (χ1) is 22.1. The largest absolute Gasteiger partial charge is 0.508 e. The van der Waals surface area contributed by atoms with Crippen molar-refractivity contribution < 1.29 is 53.5 Å². The summed E-state index contributed by atoms with van der Waals surface area (Å²) < 4.78 is 22.8. The first-order valence-electron chi connectivity index (χ1n) is 14.1. The number of aliphatic hydroxyl groups excluding tert-OH is 2. The van der Waals surface area contributed by atoms with Gasteiger partial charge in [-0.3, -0.25) is 25.0 Å². The summed E-state index contributed by atoms with van der Waals surface area (Å²) in [7, 11) is 1.27. The van der Waals surface area contributed by atoms with E-state index in [-0.39, 0.29) is 33.5 Å². The number of carboxylic acids is 1. The molecule has 1 saturated heterocycles. The number of aliphatic imine (C=N–C) groups is 1. The van der Waals surface area contributed by atoms with Gasteiger partial charge in [0.1, 0.15) is 48.3 Å². The number of hydroxylamine groups is 2. The molecule has 0 spiro atoms. The van der Waals surface area contributed by atoms with E-state index in [0.29, 0.717) is 17.8 Å². The highest BCUT2D eigenvalue weighted by molar-refractivity contribution is 5.98. The van der Waals surface area contributed by atoms with E-state index in [1.54, 1.807) is 24.5 Å². The van der Waals surface area contributed by atoms with E-state index in [4.69, 9.17) is 23.5 Å². The number of phenols is 1. The van der Waals surface area contributed by atoms with Crippen LogP contribution in [0, 0.1) is 0 Å². The van der Waals surface area contributed by atoms with Gasteiger partial charge in [-0.25, -0.2) is 9.59 Å². The summed E-state index contributed by atoms with van der Waals surface area (Å²) in [6.45, 7) is -0.315. The molecule has 3 aromatic rings. The Bertz CT molecular complexity index is 1800. The van der Waals surface area contributed by atoms with Crippen molar-refractivity contribution in [2.75, 3.05) is 20.2 Å². The number of aromatic hydroxyl groups is 1. The molecule has 5 N–H and O–H groups in total. The van der Waals surface area contributed by atoms with Gasteiger partial charge in [-0.2, -0.15) is 0 Å². The van der Waals surface area contributed by atoms with Gasteiger partial charge in [0.2, 0.25) is 12.3 Å². The van der Waals surface area contributed by atoms with E-state index in [1.807, 2.05) is 6.08 Å². The lowest BCUT2D eigenvalue weighted by Crippen LogP contribution is -2.62. The lowest BCUT2D eigenvalue weighted by Gasteiger charge is -2.42. The van der Waals surface area contributed by atoms with Gasteiger partial charge in [0, 0.05) is 17.9 Å². The molecule has 1 fully saturated rings. The number of benzene rings is 2. The first-order valence-corrected chi connectivity index (χ1v) is 14.1. The molecule has 6 rings (SSSR count). The van der Waals surface area contributed by atoms with Crippen LogP contribution in [0.3, 0.4) is 0 Å². The molecule has 4 heterocycles. The van der Waals surface area contributed by atoms with E-state index in [2.05, 4.69) is 10.3 Å². The molecular formula is C31H29N3O12. The zero-order valence-electron chi connectivity index (χ0n) is 24.2. The van der Waals surface area contributed by atoms with Crippen molar-refractivity contribution in [3.8, 4) is 22.6 Å². The summed E-state index contributed by atoms with van der Waals surface area (Å²) in [6, 6.07) is 8.85. The fourth-order valence-corrected chi connectivity index (χ4v) is 5.20. The van der Waals surface area contributed by atoms with Crippen LogP contribution in [0.4, 0.5) is 0 Å². The highest BCUT2D eigenvalue weighted by atomic mass is 16.8. The number of esters is 1. The third kappa shape index (κ3) is 6.09. The Labute approximate surface area is 260 Å². The van der Waals surface area contributed by atoms with Gasteiger partial charge in [0.15, 0.2) is 11.5 Å². The third-order valence-electron chi connectivity index (χ3n) is 7.65. The molecule has 0 saturated carbocycles. The highest BCUT2D eigenvalue weighted by Gasteiger charge is 2.49. The smallest absolute Gasteiger partial charge is 0.334 e. The fourth-order valence-electron chi connectivity index (χ4n) is 5.20. The van der Waals surface area contributed by atoms with Crippen LogP contribution in [-0.2, 0) is 23.9 Å². The lowest BCUT2D eigenvalue weighted by molar-refractivity contribution is -0.326. The maximum atomic E-state index is 13.2. The summed E-state index contributed by atoms with van der Waals surface area (Å²) in [5.74, 6) is -2.39. The van der Waals surface area contributed by atoms with Gasteiger partial charge in [-0.15, -0.1) is 0 Å². The number of fused-ring (bicyclic) bond motifs is 2. The number of ether oxygens (including phenoxy) is 3. The maximum absolute atomic E-state index is 13.2. The molecule has 15 heteroatoms. The van der Waals surface area contributed by atoms with Gasteiger partial charge in [-0.1, -0.05) is 12.1 Å². The van der Waals surface area contributed by atoms with Crippen molar-refractivity contribution in [1.82, 2.24) is 10.4 Å². The van der Waals surface area contributed by atoms with Crippen LogP contribution >= 0.6 is 0 Å². The molecular weight excluding hydrogens is 606 g/mol. The summed E-state index contributed by atoms with van der Waals surface area (Å²) in [4.78, 5) is 47.0. The van der Waals surface area contributed by atoms with E-state index in [9.17, 15) is 34.8 Å². The van der Waals surface area contributed by atoms with Crippen LogP contribution in [0.25, 0.3) is 22.1 Å². The molecule has 46 heavy (non-hydrogen) atoms. The first kappa shape index (κ1) is 30.9. The number of aliphatic carboxylic acids is 1. The second kappa shape index (κ2) is 12.7. The molecule has 3 aliphatic heterocycles. The molecule has 0 radical (unpaired) electrons. The molecule has 0 bridgehead atoms. The van der Waals surface area contributed by atoms with Crippen molar-refractivity contribution in [2.24, 2.45) is 4.99 Å². The van der Waals surface area contributed by atoms with Crippen LogP contribution in [0.15, 0.2) is 86.5 Å². The predicted molar refractivity (Wildman–Crippen MR) is 159 cm³/mol.